The van der Waals surface area contributed by atoms with Gasteiger partial charge in [-0.2, -0.15) is 13.2 Å². The summed E-state index contributed by atoms with van der Waals surface area (Å²) < 4.78 is 43.5. The second-order valence-corrected chi connectivity index (χ2v) is 7.74. The molecule has 2 heterocycles. The summed E-state index contributed by atoms with van der Waals surface area (Å²) in [6, 6.07) is 8.94. The van der Waals surface area contributed by atoms with Gasteiger partial charge in [-0.05, 0) is 43.2 Å². The normalized spacial score (nSPS) is 14.7. The molecule has 1 aromatic carbocycles. The van der Waals surface area contributed by atoms with E-state index in [0.29, 0.717) is 43.1 Å². The first-order valence-electron chi connectivity index (χ1n) is 10.2. The minimum atomic E-state index is -4.41. The lowest BCUT2D eigenvalue weighted by molar-refractivity contribution is -0.137. The average molecular weight is 450 g/mol. The highest BCUT2D eigenvalue weighted by Crippen LogP contribution is 2.29. The molecule has 1 aromatic heterocycles. The van der Waals surface area contributed by atoms with E-state index in [1.54, 1.807) is 38.4 Å². The van der Waals surface area contributed by atoms with Gasteiger partial charge in [0.05, 0.1) is 5.56 Å². The van der Waals surface area contributed by atoms with Crippen molar-refractivity contribution >= 4 is 17.6 Å². The van der Waals surface area contributed by atoms with Crippen molar-refractivity contribution in [1.82, 2.24) is 15.2 Å². The van der Waals surface area contributed by atoms with Gasteiger partial charge in [0.1, 0.15) is 11.6 Å². The van der Waals surface area contributed by atoms with Gasteiger partial charge in [0, 0.05) is 45.0 Å². The van der Waals surface area contributed by atoms with Crippen molar-refractivity contribution in [1.29, 1.82) is 0 Å². The van der Waals surface area contributed by atoms with Crippen molar-refractivity contribution < 1.29 is 27.5 Å². The van der Waals surface area contributed by atoms with Gasteiger partial charge >= 0.3 is 6.18 Å². The molecule has 2 aromatic rings. The fourth-order valence-electron chi connectivity index (χ4n) is 3.26. The number of aromatic nitrogens is 1. The molecule has 0 aliphatic carbocycles. The summed E-state index contributed by atoms with van der Waals surface area (Å²) in [6.07, 6.45) is -2.29. The maximum absolute atomic E-state index is 12.7. The number of benzene rings is 1. The quantitative estimate of drug-likeness (QED) is 0.733. The van der Waals surface area contributed by atoms with Crippen molar-refractivity contribution in [2.75, 3.05) is 38.7 Å². The van der Waals surface area contributed by atoms with E-state index in [1.165, 1.54) is 11.0 Å². The maximum Gasteiger partial charge on any atom is 0.417 e. The molecule has 0 bridgehead atoms. The van der Waals surface area contributed by atoms with Gasteiger partial charge in [-0.1, -0.05) is 6.07 Å². The minimum Gasteiger partial charge on any atom is -0.484 e. The van der Waals surface area contributed by atoms with E-state index < -0.39 is 11.7 Å². The van der Waals surface area contributed by atoms with Gasteiger partial charge in [0.25, 0.3) is 11.8 Å². The third-order valence-electron chi connectivity index (χ3n) is 5.19. The molecular formula is C22H25F3N4O3. The van der Waals surface area contributed by atoms with Crippen LogP contribution >= 0.6 is 0 Å². The van der Waals surface area contributed by atoms with E-state index >= 15 is 0 Å². The van der Waals surface area contributed by atoms with Crippen LogP contribution in [0.3, 0.4) is 0 Å². The Balaban J connectivity index is 1.51. The molecule has 32 heavy (non-hydrogen) atoms. The monoisotopic (exact) mass is 450 g/mol. The number of carbonyl (C=O) groups excluding carboxylic acids is 2. The Morgan fingerprint density at radius 3 is 2.50 bits per heavy atom. The SMILES string of the molecule is CN(C)C(=O)COc1cccc(C(=O)NC2CCN(c3ccc(C(F)(F)F)cn3)CC2)c1. The summed E-state index contributed by atoms with van der Waals surface area (Å²) in [5.74, 6) is 0.477. The van der Waals surface area contributed by atoms with Crippen LogP contribution in [-0.2, 0) is 11.0 Å². The van der Waals surface area contributed by atoms with Crippen molar-refractivity contribution in [3.8, 4) is 5.75 Å². The Morgan fingerprint density at radius 1 is 1.19 bits per heavy atom. The van der Waals surface area contributed by atoms with Crippen molar-refractivity contribution in [3.63, 3.8) is 0 Å². The number of nitrogens with zero attached hydrogens (tertiary/aromatic N) is 3. The van der Waals surface area contributed by atoms with E-state index in [2.05, 4.69) is 10.3 Å². The van der Waals surface area contributed by atoms with Crippen LogP contribution in [0.25, 0.3) is 0 Å². The molecule has 172 valence electrons. The Bertz CT molecular complexity index is 940. The molecule has 1 aliphatic heterocycles. The molecule has 10 heteroatoms. The number of carbonyl (C=O) groups is 2. The third-order valence-corrected chi connectivity index (χ3v) is 5.19. The molecule has 1 saturated heterocycles. The zero-order chi connectivity index (χ0) is 23.3. The van der Waals surface area contributed by atoms with Gasteiger partial charge in [-0.25, -0.2) is 4.98 Å². The fraction of sp³-hybridized carbons (Fsp3) is 0.409. The summed E-state index contributed by atoms with van der Waals surface area (Å²) in [7, 11) is 3.27. The van der Waals surface area contributed by atoms with Gasteiger partial charge < -0.3 is 19.9 Å². The number of hydrogen-bond acceptors (Lipinski definition) is 5. The van der Waals surface area contributed by atoms with E-state index in [9.17, 15) is 22.8 Å². The van der Waals surface area contributed by atoms with Crippen molar-refractivity contribution in [2.45, 2.75) is 25.1 Å². The predicted molar refractivity (Wildman–Crippen MR) is 113 cm³/mol. The summed E-state index contributed by atoms with van der Waals surface area (Å²) in [5.41, 5.74) is -0.354. The largest absolute Gasteiger partial charge is 0.484 e. The summed E-state index contributed by atoms with van der Waals surface area (Å²) in [5, 5.41) is 2.98. The Labute approximate surface area is 184 Å². The molecular weight excluding hydrogens is 425 g/mol. The third kappa shape index (κ3) is 6.12. The highest BCUT2D eigenvalue weighted by Gasteiger charge is 2.31. The molecule has 0 unspecified atom stereocenters. The maximum atomic E-state index is 12.7. The van der Waals surface area contributed by atoms with Crippen LogP contribution in [0.2, 0.25) is 0 Å². The topological polar surface area (TPSA) is 74.8 Å². The van der Waals surface area contributed by atoms with Gasteiger partial charge in [-0.15, -0.1) is 0 Å². The predicted octanol–water partition coefficient (Wildman–Crippen LogP) is 2.97. The first-order valence-corrected chi connectivity index (χ1v) is 10.2. The minimum absolute atomic E-state index is 0.0620. The van der Waals surface area contributed by atoms with Crippen molar-refractivity contribution in [3.05, 3.63) is 53.7 Å². The molecule has 1 aliphatic rings. The van der Waals surface area contributed by atoms with Crippen LogP contribution < -0.4 is 15.0 Å². The first kappa shape index (κ1) is 23.4. The number of anilines is 1. The number of piperidine rings is 1. The molecule has 7 nitrogen and oxygen atoms in total. The number of pyridine rings is 1. The highest BCUT2D eigenvalue weighted by atomic mass is 19.4. The average Bonchev–Trinajstić information content (AvgIpc) is 2.77. The zero-order valence-corrected chi connectivity index (χ0v) is 17.9. The lowest BCUT2D eigenvalue weighted by Gasteiger charge is -2.33. The van der Waals surface area contributed by atoms with Gasteiger partial charge in [0.2, 0.25) is 0 Å². The highest BCUT2D eigenvalue weighted by molar-refractivity contribution is 5.94. The van der Waals surface area contributed by atoms with E-state index in [1.807, 2.05) is 4.90 Å². The standard InChI is InChI=1S/C22H25F3N4O3/c1-28(2)20(30)14-32-18-5-3-4-15(12-18)21(31)27-17-8-10-29(11-9-17)19-7-6-16(13-26-19)22(23,24)25/h3-7,12-13,17H,8-11,14H2,1-2H3,(H,27,31). The summed E-state index contributed by atoms with van der Waals surface area (Å²) >= 11 is 0. The number of halogens is 3. The van der Waals surface area contributed by atoms with Crippen LogP contribution in [0.15, 0.2) is 42.6 Å². The number of ether oxygens (including phenoxy) is 1. The van der Waals surface area contributed by atoms with E-state index in [4.69, 9.17) is 4.74 Å². The molecule has 0 spiro atoms. The summed E-state index contributed by atoms with van der Waals surface area (Å²) in [6.45, 7) is 1.02. The van der Waals surface area contributed by atoms with Crippen LogP contribution in [0.5, 0.6) is 5.75 Å². The van der Waals surface area contributed by atoms with Crippen LogP contribution in [0.1, 0.15) is 28.8 Å². The molecule has 1 N–H and O–H groups in total. The Morgan fingerprint density at radius 2 is 1.91 bits per heavy atom. The van der Waals surface area contributed by atoms with Crippen molar-refractivity contribution in [2.24, 2.45) is 0 Å². The molecule has 1 fully saturated rings. The number of nitrogens with one attached hydrogen (secondary N) is 1. The molecule has 2 amide bonds. The fourth-order valence-corrected chi connectivity index (χ4v) is 3.26. The number of alkyl halides is 3. The lowest BCUT2D eigenvalue weighted by Crippen LogP contribution is -2.45. The first-order chi connectivity index (χ1) is 15.1. The molecule has 3 rings (SSSR count). The van der Waals surface area contributed by atoms with Gasteiger partial charge in [0.15, 0.2) is 6.61 Å². The van der Waals surface area contributed by atoms with E-state index in [-0.39, 0.29) is 24.5 Å². The Kier molecular flexibility index (Phi) is 7.22. The molecule has 0 saturated carbocycles. The molecule has 0 atom stereocenters. The number of rotatable bonds is 6. The zero-order valence-electron chi connectivity index (χ0n) is 17.9. The second-order valence-electron chi connectivity index (χ2n) is 7.74. The smallest absolute Gasteiger partial charge is 0.417 e. The van der Waals surface area contributed by atoms with Crippen LogP contribution in [0, 0.1) is 0 Å². The Hall–Kier alpha value is -3.30. The second kappa shape index (κ2) is 9.88. The number of hydrogen-bond donors (Lipinski definition) is 1. The van der Waals surface area contributed by atoms with Crippen LogP contribution in [-0.4, -0.2) is 61.5 Å². The number of likely N-dealkylation sites (N-methyl/N-ethyl adjacent to an activating group) is 1. The molecule has 0 radical (unpaired) electrons. The number of amides is 2. The summed E-state index contributed by atoms with van der Waals surface area (Å²) in [4.78, 5) is 31.5. The van der Waals surface area contributed by atoms with Crippen LogP contribution in [0.4, 0.5) is 19.0 Å². The van der Waals surface area contributed by atoms with Gasteiger partial charge in [-0.3, -0.25) is 9.59 Å². The van der Waals surface area contributed by atoms with E-state index in [0.717, 1.165) is 12.3 Å². The lowest BCUT2D eigenvalue weighted by atomic mass is 10.0.